The summed E-state index contributed by atoms with van der Waals surface area (Å²) in [7, 11) is 0. The Morgan fingerprint density at radius 3 is 2.71 bits per heavy atom. The fourth-order valence-corrected chi connectivity index (χ4v) is 2.13. The average Bonchev–Trinajstić information content (AvgIpc) is 2.38. The lowest BCUT2D eigenvalue weighted by Crippen LogP contribution is -1.92. The Morgan fingerprint density at radius 2 is 1.88 bits per heavy atom. The molecule has 0 saturated heterocycles. The van der Waals surface area contributed by atoms with Crippen LogP contribution in [0.1, 0.15) is 10.4 Å². The minimum absolute atomic E-state index is 0.520. The van der Waals surface area contributed by atoms with Crippen LogP contribution < -0.4 is 5.73 Å². The van der Waals surface area contributed by atoms with Gasteiger partial charge in [0.15, 0.2) is 0 Å². The van der Waals surface area contributed by atoms with Crippen LogP contribution in [0.5, 0.6) is 0 Å². The van der Waals surface area contributed by atoms with Crippen molar-refractivity contribution in [3.63, 3.8) is 0 Å². The van der Waals surface area contributed by atoms with Crippen LogP contribution in [0, 0.1) is 0 Å². The van der Waals surface area contributed by atoms with Gasteiger partial charge >= 0.3 is 0 Å². The number of nitrogen functional groups attached to an aromatic ring is 1. The molecule has 3 nitrogen and oxygen atoms in total. The third kappa shape index (κ3) is 1.44. The van der Waals surface area contributed by atoms with Gasteiger partial charge in [-0.25, -0.2) is 4.98 Å². The SMILES string of the molecule is Nc1nccc2ccc3cc(C=O)ccc3c12. The first-order valence-corrected chi connectivity index (χ1v) is 5.32. The molecule has 0 radical (unpaired) electrons. The summed E-state index contributed by atoms with van der Waals surface area (Å²) >= 11 is 0. The van der Waals surface area contributed by atoms with Crippen LogP contribution in [0.25, 0.3) is 21.5 Å². The maximum absolute atomic E-state index is 10.7. The van der Waals surface area contributed by atoms with E-state index >= 15 is 0 Å². The molecule has 0 fully saturated rings. The maximum atomic E-state index is 10.7. The molecule has 0 unspecified atom stereocenters. The normalized spacial score (nSPS) is 10.8. The molecule has 0 spiro atoms. The zero-order chi connectivity index (χ0) is 11.8. The summed E-state index contributed by atoms with van der Waals surface area (Å²) in [6, 6.07) is 11.5. The molecule has 0 aliphatic heterocycles. The van der Waals surface area contributed by atoms with Crippen LogP contribution >= 0.6 is 0 Å². The molecule has 2 N–H and O–H groups in total. The number of rotatable bonds is 1. The predicted molar refractivity (Wildman–Crippen MR) is 69.0 cm³/mol. The van der Waals surface area contributed by atoms with Gasteiger partial charge < -0.3 is 5.73 Å². The van der Waals surface area contributed by atoms with Crippen molar-refractivity contribution in [2.45, 2.75) is 0 Å². The van der Waals surface area contributed by atoms with E-state index in [1.807, 2.05) is 30.3 Å². The van der Waals surface area contributed by atoms with Crippen LogP contribution in [0.3, 0.4) is 0 Å². The summed E-state index contributed by atoms with van der Waals surface area (Å²) in [5.41, 5.74) is 6.58. The van der Waals surface area contributed by atoms with Crippen LogP contribution in [-0.4, -0.2) is 11.3 Å². The highest BCUT2D eigenvalue weighted by atomic mass is 16.1. The molecule has 0 atom stereocenters. The van der Waals surface area contributed by atoms with Crippen molar-refractivity contribution in [3.05, 3.63) is 48.2 Å². The second-order valence-corrected chi connectivity index (χ2v) is 3.96. The number of hydrogen-bond donors (Lipinski definition) is 1. The molecular weight excluding hydrogens is 212 g/mol. The molecule has 0 aliphatic rings. The molecule has 82 valence electrons. The predicted octanol–water partition coefficient (Wildman–Crippen LogP) is 2.78. The Morgan fingerprint density at radius 1 is 1.06 bits per heavy atom. The highest BCUT2D eigenvalue weighted by molar-refractivity contribution is 6.12. The van der Waals surface area contributed by atoms with E-state index in [4.69, 9.17) is 5.73 Å². The van der Waals surface area contributed by atoms with Crippen LogP contribution in [-0.2, 0) is 0 Å². The van der Waals surface area contributed by atoms with Gasteiger partial charge in [-0.2, -0.15) is 0 Å². The molecule has 1 aromatic heterocycles. The van der Waals surface area contributed by atoms with Gasteiger partial charge in [-0.05, 0) is 28.3 Å². The standard InChI is InChI=1S/C14H10N2O/c15-14-13-10(5-6-16-14)2-3-11-7-9(8-17)1-4-12(11)13/h1-8H,(H2,15,16). The highest BCUT2D eigenvalue weighted by Crippen LogP contribution is 2.28. The molecule has 2 aromatic carbocycles. The summed E-state index contributed by atoms with van der Waals surface area (Å²) in [6.07, 6.45) is 2.54. The zero-order valence-electron chi connectivity index (χ0n) is 9.05. The number of aldehydes is 1. The maximum Gasteiger partial charge on any atom is 0.150 e. The summed E-state index contributed by atoms with van der Waals surface area (Å²) in [6.45, 7) is 0. The molecule has 17 heavy (non-hydrogen) atoms. The molecule has 0 saturated carbocycles. The fourth-order valence-electron chi connectivity index (χ4n) is 2.13. The minimum Gasteiger partial charge on any atom is -0.383 e. The van der Waals surface area contributed by atoms with E-state index in [1.54, 1.807) is 12.3 Å². The van der Waals surface area contributed by atoms with Gasteiger partial charge in [-0.1, -0.05) is 24.3 Å². The van der Waals surface area contributed by atoms with Gasteiger partial charge in [0.2, 0.25) is 0 Å². The number of aromatic nitrogens is 1. The first kappa shape index (κ1) is 9.78. The van der Waals surface area contributed by atoms with E-state index in [-0.39, 0.29) is 0 Å². The summed E-state index contributed by atoms with van der Waals surface area (Å²) in [5.74, 6) is 0.520. The molecule has 3 rings (SSSR count). The molecule has 0 aliphatic carbocycles. The first-order valence-electron chi connectivity index (χ1n) is 5.32. The second kappa shape index (κ2) is 3.56. The molecule has 0 amide bonds. The topological polar surface area (TPSA) is 56.0 Å². The van der Waals surface area contributed by atoms with Gasteiger partial charge in [-0.15, -0.1) is 0 Å². The van der Waals surface area contributed by atoms with Crippen molar-refractivity contribution in [3.8, 4) is 0 Å². The van der Waals surface area contributed by atoms with Crippen LogP contribution in [0.4, 0.5) is 5.82 Å². The minimum atomic E-state index is 0.520. The number of hydrogen-bond acceptors (Lipinski definition) is 3. The third-order valence-corrected chi connectivity index (χ3v) is 2.94. The van der Waals surface area contributed by atoms with E-state index in [0.29, 0.717) is 11.4 Å². The smallest absolute Gasteiger partial charge is 0.150 e. The van der Waals surface area contributed by atoms with Crippen molar-refractivity contribution < 1.29 is 4.79 Å². The quantitative estimate of drug-likeness (QED) is 0.508. The van der Waals surface area contributed by atoms with Crippen molar-refractivity contribution in [2.75, 3.05) is 5.73 Å². The van der Waals surface area contributed by atoms with Gasteiger partial charge in [0.05, 0.1) is 0 Å². The van der Waals surface area contributed by atoms with E-state index in [2.05, 4.69) is 4.98 Å². The van der Waals surface area contributed by atoms with E-state index < -0.39 is 0 Å². The lowest BCUT2D eigenvalue weighted by molar-refractivity contribution is 0.112. The van der Waals surface area contributed by atoms with Gasteiger partial charge in [0, 0.05) is 17.1 Å². The Bertz CT molecular complexity index is 735. The third-order valence-electron chi connectivity index (χ3n) is 2.94. The zero-order valence-corrected chi connectivity index (χ0v) is 9.05. The first-order chi connectivity index (χ1) is 8.29. The summed E-state index contributed by atoms with van der Waals surface area (Å²) < 4.78 is 0. The highest BCUT2D eigenvalue weighted by Gasteiger charge is 2.04. The van der Waals surface area contributed by atoms with Crippen molar-refractivity contribution in [1.82, 2.24) is 4.98 Å². The summed E-state index contributed by atoms with van der Waals surface area (Å²) in [5, 5.41) is 4.03. The number of fused-ring (bicyclic) bond motifs is 3. The number of benzene rings is 2. The Hall–Kier alpha value is -2.42. The number of nitrogens with zero attached hydrogens (tertiary/aromatic N) is 1. The second-order valence-electron chi connectivity index (χ2n) is 3.96. The molecular formula is C14H10N2O. The number of anilines is 1. The van der Waals surface area contributed by atoms with Crippen molar-refractivity contribution in [1.29, 1.82) is 0 Å². The Kier molecular flexibility index (Phi) is 2.05. The van der Waals surface area contributed by atoms with E-state index in [9.17, 15) is 4.79 Å². The number of carbonyl (C=O) groups excluding carboxylic acids is 1. The lowest BCUT2D eigenvalue weighted by Gasteiger charge is -2.06. The number of carbonyl (C=O) groups is 1. The van der Waals surface area contributed by atoms with Gasteiger partial charge in [-0.3, -0.25) is 4.79 Å². The molecule has 3 aromatic rings. The van der Waals surface area contributed by atoms with E-state index in [0.717, 1.165) is 27.8 Å². The number of nitrogens with two attached hydrogens (primary N) is 1. The van der Waals surface area contributed by atoms with Crippen LogP contribution in [0.2, 0.25) is 0 Å². The monoisotopic (exact) mass is 222 g/mol. The summed E-state index contributed by atoms with van der Waals surface area (Å²) in [4.78, 5) is 14.9. The number of pyridine rings is 1. The van der Waals surface area contributed by atoms with Crippen LogP contribution in [0.15, 0.2) is 42.6 Å². The van der Waals surface area contributed by atoms with Crippen molar-refractivity contribution in [2.24, 2.45) is 0 Å². The Labute approximate surface area is 97.9 Å². The van der Waals surface area contributed by atoms with Gasteiger partial charge in [0.25, 0.3) is 0 Å². The Balaban J connectivity index is 2.51. The molecule has 3 heteroatoms. The lowest BCUT2D eigenvalue weighted by atomic mass is 10.0. The molecule has 1 heterocycles. The van der Waals surface area contributed by atoms with Gasteiger partial charge in [0.1, 0.15) is 12.1 Å². The van der Waals surface area contributed by atoms with E-state index in [1.165, 1.54) is 0 Å². The average molecular weight is 222 g/mol. The van der Waals surface area contributed by atoms with Crippen molar-refractivity contribution >= 4 is 33.6 Å². The fraction of sp³-hybridized carbons (Fsp3) is 0. The largest absolute Gasteiger partial charge is 0.383 e. The molecule has 0 bridgehead atoms.